The molecule has 0 atom stereocenters. The Morgan fingerprint density at radius 3 is 2.88 bits per heavy atom. The van der Waals surface area contributed by atoms with Crippen molar-refractivity contribution in [2.24, 2.45) is 5.73 Å². The molecule has 0 bridgehead atoms. The predicted molar refractivity (Wildman–Crippen MR) is 73.6 cm³/mol. The van der Waals surface area contributed by atoms with Gasteiger partial charge in [-0.25, -0.2) is 4.98 Å². The Morgan fingerprint density at radius 2 is 2.12 bits per heavy atom. The maximum absolute atomic E-state index is 5.53. The zero-order valence-electron chi connectivity index (χ0n) is 10.4. The molecule has 0 spiro atoms. The molecule has 1 aromatic carbocycles. The second kappa shape index (κ2) is 5.43. The molecule has 90 valence electrons. The molecule has 0 aliphatic carbocycles. The summed E-state index contributed by atoms with van der Waals surface area (Å²) in [4.78, 5) is 4.60. The molecule has 0 aliphatic heterocycles. The third kappa shape index (κ3) is 3.14. The van der Waals surface area contributed by atoms with Crippen LogP contribution in [-0.2, 0) is 12.8 Å². The molecule has 2 rings (SSSR count). The molecule has 2 aromatic rings. The van der Waals surface area contributed by atoms with E-state index < -0.39 is 0 Å². The Bertz CT molecular complexity index is 503. The lowest BCUT2D eigenvalue weighted by molar-refractivity contribution is 0.921. The van der Waals surface area contributed by atoms with Gasteiger partial charge in [-0.1, -0.05) is 23.8 Å². The van der Waals surface area contributed by atoms with E-state index in [0.29, 0.717) is 6.54 Å². The number of aryl methyl sites for hydroxylation is 2. The third-order valence-corrected chi connectivity index (χ3v) is 3.74. The maximum atomic E-state index is 5.53. The molecule has 0 amide bonds. The first-order valence-electron chi connectivity index (χ1n) is 5.88. The minimum atomic E-state index is 0.673. The fourth-order valence-corrected chi connectivity index (χ4v) is 2.70. The Labute approximate surface area is 107 Å². The van der Waals surface area contributed by atoms with Crippen molar-refractivity contribution in [3.63, 3.8) is 0 Å². The summed E-state index contributed by atoms with van der Waals surface area (Å²) in [5, 5.41) is 3.30. The zero-order valence-corrected chi connectivity index (χ0v) is 11.2. The molecule has 0 radical (unpaired) electrons. The molecule has 2 nitrogen and oxygen atoms in total. The SMILES string of the molecule is Cc1ccc(C)c(Cc2nc(CCN)cs2)c1. The first kappa shape index (κ1) is 12.3. The van der Waals surface area contributed by atoms with Crippen LogP contribution >= 0.6 is 11.3 Å². The van der Waals surface area contributed by atoms with Gasteiger partial charge in [0.25, 0.3) is 0 Å². The molecule has 0 saturated carbocycles. The van der Waals surface area contributed by atoms with Gasteiger partial charge in [0.2, 0.25) is 0 Å². The number of nitrogens with zero attached hydrogens (tertiary/aromatic N) is 1. The van der Waals surface area contributed by atoms with E-state index >= 15 is 0 Å². The van der Waals surface area contributed by atoms with Gasteiger partial charge in [0.05, 0.1) is 10.7 Å². The van der Waals surface area contributed by atoms with E-state index in [1.54, 1.807) is 11.3 Å². The Kier molecular flexibility index (Phi) is 3.92. The number of rotatable bonds is 4. The van der Waals surface area contributed by atoms with Crippen molar-refractivity contribution in [2.45, 2.75) is 26.7 Å². The van der Waals surface area contributed by atoms with Crippen molar-refractivity contribution in [1.29, 1.82) is 0 Å². The van der Waals surface area contributed by atoms with Crippen molar-refractivity contribution < 1.29 is 0 Å². The minimum absolute atomic E-state index is 0.673. The lowest BCUT2D eigenvalue weighted by Gasteiger charge is -2.04. The summed E-state index contributed by atoms with van der Waals surface area (Å²) >= 11 is 1.73. The van der Waals surface area contributed by atoms with Crippen molar-refractivity contribution in [1.82, 2.24) is 4.98 Å². The van der Waals surface area contributed by atoms with E-state index in [-0.39, 0.29) is 0 Å². The monoisotopic (exact) mass is 246 g/mol. The van der Waals surface area contributed by atoms with E-state index in [4.69, 9.17) is 5.73 Å². The number of aromatic nitrogens is 1. The van der Waals surface area contributed by atoms with Crippen LogP contribution in [0.4, 0.5) is 0 Å². The van der Waals surface area contributed by atoms with Gasteiger partial charge in [0, 0.05) is 18.2 Å². The number of benzene rings is 1. The summed E-state index contributed by atoms with van der Waals surface area (Å²) in [6, 6.07) is 6.58. The highest BCUT2D eigenvalue weighted by atomic mass is 32.1. The van der Waals surface area contributed by atoms with Crippen LogP contribution in [0, 0.1) is 13.8 Å². The number of thiazole rings is 1. The zero-order chi connectivity index (χ0) is 12.3. The number of hydrogen-bond acceptors (Lipinski definition) is 3. The van der Waals surface area contributed by atoms with Gasteiger partial charge in [0.1, 0.15) is 0 Å². The van der Waals surface area contributed by atoms with Crippen molar-refractivity contribution in [3.05, 3.63) is 51.0 Å². The lowest BCUT2D eigenvalue weighted by atomic mass is 10.0. The third-order valence-electron chi connectivity index (χ3n) is 2.85. The average molecular weight is 246 g/mol. The normalized spacial score (nSPS) is 10.8. The predicted octanol–water partition coefficient (Wildman–Crippen LogP) is 2.85. The molecule has 1 heterocycles. The van der Waals surface area contributed by atoms with Crippen LogP contribution in [0.25, 0.3) is 0 Å². The quantitative estimate of drug-likeness (QED) is 0.901. The second-order valence-electron chi connectivity index (χ2n) is 4.38. The maximum Gasteiger partial charge on any atom is 0.0972 e. The molecule has 0 aliphatic rings. The average Bonchev–Trinajstić information content (AvgIpc) is 2.72. The van der Waals surface area contributed by atoms with Crippen molar-refractivity contribution in [3.8, 4) is 0 Å². The number of hydrogen-bond donors (Lipinski definition) is 1. The van der Waals surface area contributed by atoms with Gasteiger partial charge in [0.15, 0.2) is 0 Å². The van der Waals surface area contributed by atoms with Gasteiger partial charge in [-0.05, 0) is 31.5 Å². The fraction of sp³-hybridized carbons (Fsp3) is 0.357. The van der Waals surface area contributed by atoms with Gasteiger partial charge in [-0.3, -0.25) is 0 Å². The fourth-order valence-electron chi connectivity index (χ4n) is 1.85. The highest BCUT2D eigenvalue weighted by Gasteiger charge is 2.05. The summed E-state index contributed by atoms with van der Waals surface area (Å²) < 4.78 is 0. The van der Waals surface area contributed by atoms with E-state index in [2.05, 4.69) is 42.4 Å². The Morgan fingerprint density at radius 1 is 1.29 bits per heavy atom. The summed E-state index contributed by atoms with van der Waals surface area (Å²) in [6.07, 6.45) is 1.81. The van der Waals surface area contributed by atoms with Gasteiger partial charge < -0.3 is 5.73 Å². The van der Waals surface area contributed by atoms with Crippen molar-refractivity contribution in [2.75, 3.05) is 6.54 Å². The standard InChI is InChI=1S/C14H18N2S/c1-10-3-4-11(2)12(7-10)8-14-16-13(5-6-15)9-17-14/h3-4,7,9H,5-6,8,15H2,1-2H3. The first-order valence-corrected chi connectivity index (χ1v) is 6.76. The van der Waals surface area contributed by atoms with E-state index in [1.807, 2.05) is 0 Å². The highest BCUT2D eigenvalue weighted by molar-refractivity contribution is 7.09. The van der Waals surface area contributed by atoms with Crippen LogP contribution in [0.15, 0.2) is 23.6 Å². The highest BCUT2D eigenvalue weighted by Crippen LogP contribution is 2.18. The molecular weight excluding hydrogens is 228 g/mol. The van der Waals surface area contributed by atoms with Crippen LogP contribution in [0.2, 0.25) is 0 Å². The van der Waals surface area contributed by atoms with Gasteiger partial charge >= 0.3 is 0 Å². The molecule has 0 unspecified atom stereocenters. The summed E-state index contributed by atoms with van der Waals surface area (Å²) in [5.74, 6) is 0. The molecule has 2 N–H and O–H groups in total. The number of nitrogens with two attached hydrogens (primary N) is 1. The van der Waals surface area contributed by atoms with E-state index in [9.17, 15) is 0 Å². The van der Waals surface area contributed by atoms with Crippen molar-refractivity contribution >= 4 is 11.3 Å². The molecular formula is C14H18N2S. The first-order chi connectivity index (χ1) is 8.19. The van der Waals surface area contributed by atoms with Crippen LogP contribution in [-0.4, -0.2) is 11.5 Å². The summed E-state index contributed by atoms with van der Waals surface area (Å²) in [7, 11) is 0. The smallest absolute Gasteiger partial charge is 0.0972 e. The topological polar surface area (TPSA) is 38.9 Å². The molecule has 0 fully saturated rings. The Balaban J connectivity index is 2.16. The van der Waals surface area contributed by atoms with Crippen LogP contribution in [0.5, 0.6) is 0 Å². The summed E-state index contributed by atoms with van der Waals surface area (Å²) in [5.41, 5.74) is 10.7. The lowest BCUT2D eigenvalue weighted by Crippen LogP contribution is -2.03. The van der Waals surface area contributed by atoms with Crippen LogP contribution in [0.3, 0.4) is 0 Å². The van der Waals surface area contributed by atoms with E-state index in [0.717, 1.165) is 18.5 Å². The van der Waals surface area contributed by atoms with Gasteiger partial charge in [-0.15, -0.1) is 11.3 Å². The summed E-state index contributed by atoms with van der Waals surface area (Å²) in [6.45, 7) is 4.96. The molecule has 1 aromatic heterocycles. The molecule has 3 heteroatoms. The van der Waals surface area contributed by atoms with E-state index in [1.165, 1.54) is 21.7 Å². The molecule has 17 heavy (non-hydrogen) atoms. The van der Waals surface area contributed by atoms with Crippen LogP contribution in [0.1, 0.15) is 27.4 Å². The second-order valence-corrected chi connectivity index (χ2v) is 5.32. The van der Waals surface area contributed by atoms with Gasteiger partial charge in [-0.2, -0.15) is 0 Å². The largest absolute Gasteiger partial charge is 0.330 e. The van der Waals surface area contributed by atoms with Crippen LogP contribution < -0.4 is 5.73 Å². The Hall–Kier alpha value is -1.19. The minimum Gasteiger partial charge on any atom is -0.330 e. The molecule has 0 saturated heterocycles.